The lowest BCUT2D eigenvalue weighted by Crippen LogP contribution is -2.20. The largest absolute Gasteiger partial charge is 0.379 e. The van der Waals surface area contributed by atoms with E-state index >= 15 is 0 Å². The lowest BCUT2D eigenvalue weighted by molar-refractivity contribution is 0.603. The van der Waals surface area contributed by atoms with Gasteiger partial charge in [0.1, 0.15) is 5.82 Å². The molecule has 1 atom stereocenters. The molecule has 1 unspecified atom stereocenters. The van der Waals surface area contributed by atoms with Crippen molar-refractivity contribution in [3.63, 3.8) is 0 Å². The maximum absolute atomic E-state index is 14.7. The fourth-order valence-electron chi connectivity index (χ4n) is 2.69. The Balaban J connectivity index is 1.92. The van der Waals surface area contributed by atoms with Crippen molar-refractivity contribution in [3.8, 4) is 0 Å². The van der Waals surface area contributed by atoms with Crippen LogP contribution < -0.4 is 5.32 Å². The van der Waals surface area contributed by atoms with Gasteiger partial charge in [-0.2, -0.15) is 0 Å². The number of benzene rings is 2. The summed E-state index contributed by atoms with van der Waals surface area (Å²) in [4.78, 5) is 0.753. The summed E-state index contributed by atoms with van der Waals surface area (Å²) in [6.45, 7) is 0. The molecule has 0 saturated carbocycles. The minimum atomic E-state index is -0.104. The van der Waals surface area contributed by atoms with Crippen LogP contribution >= 0.6 is 11.3 Å². The first-order chi connectivity index (χ1) is 9.84. The van der Waals surface area contributed by atoms with Crippen LogP contribution in [0.3, 0.4) is 0 Å². The van der Waals surface area contributed by atoms with E-state index in [-0.39, 0.29) is 11.9 Å². The number of fused-ring (bicyclic) bond motifs is 2. The third kappa shape index (κ3) is 1.67. The van der Waals surface area contributed by atoms with Crippen LogP contribution in [-0.4, -0.2) is 0 Å². The molecular formula is C17H12FNS. The monoisotopic (exact) mass is 281 g/mol. The van der Waals surface area contributed by atoms with E-state index in [2.05, 4.69) is 17.4 Å². The molecule has 0 fully saturated rings. The van der Waals surface area contributed by atoms with Gasteiger partial charge >= 0.3 is 0 Å². The second kappa shape index (κ2) is 4.46. The highest BCUT2D eigenvalue weighted by Crippen LogP contribution is 2.38. The number of halogens is 1. The summed E-state index contributed by atoms with van der Waals surface area (Å²) in [6.07, 6.45) is 3.92. The molecule has 1 aliphatic rings. The number of rotatable bonds is 1. The number of hydrogen-bond donors (Lipinski definition) is 1. The number of hydrogen-bond acceptors (Lipinski definition) is 2. The van der Waals surface area contributed by atoms with Gasteiger partial charge in [-0.15, -0.1) is 11.3 Å². The molecule has 0 spiro atoms. The average molecular weight is 281 g/mol. The minimum Gasteiger partial charge on any atom is -0.379 e. The molecule has 98 valence electrons. The summed E-state index contributed by atoms with van der Waals surface area (Å²) >= 11 is 1.52. The molecule has 4 rings (SSSR count). The summed E-state index contributed by atoms with van der Waals surface area (Å²) in [5.74, 6) is -0.104. The van der Waals surface area contributed by atoms with Crippen LogP contribution in [0.5, 0.6) is 0 Å². The van der Waals surface area contributed by atoms with Crippen LogP contribution in [0.15, 0.2) is 54.7 Å². The summed E-state index contributed by atoms with van der Waals surface area (Å²) in [6, 6.07) is 15.7. The third-order valence-corrected chi connectivity index (χ3v) is 4.87. The Hall–Kier alpha value is -2.13. The zero-order valence-electron chi connectivity index (χ0n) is 10.6. The zero-order valence-corrected chi connectivity index (χ0v) is 11.5. The second-order valence-electron chi connectivity index (χ2n) is 4.84. The van der Waals surface area contributed by atoms with Crippen molar-refractivity contribution < 1.29 is 4.39 Å². The Morgan fingerprint density at radius 1 is 1.00 bits per heavy atom. The topological polar surface area (TPSA) is 12.0 Å². The molecule has 0 amide bonds. The molecule has 1 N–H and O–H groups in total. The number of thiophene rings is 1. The highest BCUT2D eigenvalue weighted by Gasteiger charge is 2.24. The molecule has 0 bridgehead atoms. The van der Waals surface area contributed by atoms with Crippen molar-refractivity contribution in [2.45, 2.75) is 6.04 Å². The van der Waals surface area contributed by atoms with Crippen LogP contribution in [0.25, 0.3) is 16.2 Å². The van der Waals surface area contributed by atoms with Crippen molar-refractivity contribution in [2.75, 3.05) is 0 Å². The molecule has 3 heteroatoms. The van der Waals surface area contributed by atoms with Crippen molar-refractivity contribution >= 4 is 27.5 Å². The second-order valence-corrected chi connectivity index (χ2v) is 5.92. The quantitative estimate of drug-likeness (QED) is 0.681. The molecule has 2 aromatic carbocycles. The number of nitrogens with one attached hydrogen (secondary N) is 1. The van der Waals surface area contributed by atoms with Crippen LogP contribution in [0.2, 0.25) is 0 Å². The predicted molar refractivity (Wildman–Crippen MR) is 82.2 cm³/mol. The van der Waals surface area contributed by atoms with E-state index in [1.807, 2.05) is 48.7 Å². The van der Waals surface area contributed by atoms with Crippen molar-refractivity contribution in [2.24, 2.45) is 0 Å². The maximum atomic E-state index is 14.7. The van der Waals surface area contributed by atoms with Gasteiger partial charge in [-0.1, -0.05) is 42.5 Å². The zero-order chi connectivity index (χ0) is 13.5. The summed E-state index contributed by atoms with van der Waals surface area (Å²) in [5, 5.41) is 3.99. The van der Waals surface area contributed by atoms with E-state index in [1.54, 1.807) is 0 Å². The summed E-state index contributed by atoms with van der Waals surface area (Å²) < 4.78 is 15.6. The fraction of sp³-hybridized carbons (Fsp3) is 0.0588. The van der Waals surface area contributed by atoms with Gasteiger partial charge in [0, 0.05) is 10.1 Å². The van der Waals surface area contributed by atoms with Gasteiger partial charge in [0.15, 0.2) is 0 Å². The van der Waals surface area contributed by atoms with Gasteiger partial charge in [0.2, 0.25) is 0 Å². The predicted octanol–water partition coefficient (Wildman–Crippen LogP) is 4.70. The van der Waals surface area contributed by atoms with Crippen LogP contribution in [0.1, 0.15) is 22.0 Å². The first kappa shape index (κ1) is 11.7. The Kier molecular flexibility index (Phi) is 2.60. The molecule has 2 heterocycles. The first-order valence-electron chi connectivity index (χ1n) is 6.53. The van der Waals surface area contributed by atoms with Gasteiger partial charge < -0.3 is 5.32 Å². The summed E-state index contributed by atoms with van der Waals surface area (Å²) in [5.41, 5.74) is 2.27. The molecule has 0 saturated heterocycles. The van der Waals surface area contributed by atoms with E-state index < -0.39 is 0 Å². The molecule has 0 aliphatic carbocycles. The van der Waals surface area contributed by atoms with Crippen molar-refractivity contribution in [1.29, 1.82) is 0 Å². The lowest BCUT2D eigenvalue weighted by atomic mass is 9.96. The minimum absolute atomic E-state index is 0.103. The maximum Gasteiger partial charge on any atom is 0.147 e. The molecule has 1 aromatic heterocycles. The van der Waals surface area contributed by atoms with E-state index in [9.17, 15) is 4.39 Å². The molecule has 20 heavy (non-hydrogen) atoms. The SMILES string of the molecule is Fc1c(C2NC=Cc3ccccc32)sc2ccccc12. The Labute approximate surface area is 120 Å². The molecule has 1 nitrogen and oxygen atoms in total. The van der Waals surface area contributed by atoms with E-state index in [0.29, 0.717) is 5.39 Å². The highest BCUT2D eigenvalue weighted by atomic mass is 32.1. The Bertz CT molecular complexity index is 819. The van der Waals surface area contributed by atoms with E-state index in [4.69, 9.17) is 0 Å². The van der Waals surface area contributed by atoms with Crippen molar-refractivity contribution in [3.05, 3.63) is 76.6 Å². The van der Waals surface area contributed by atoms with Crippen molar-refractivity contribution in [1.82, 2.24) is 5.32 Å². The smallest absolute Gasteiger partial charge is 0.147 e. The first-order valence-corrected chi connectivity index (χ1v) is 7.35. The molecule has 0 radical (unpaired) electrons. The van der Waals surface area contributed by atoms with Gasteiger partial charge in [-0.05, 0) is 29.5 Å². The summed E-state index contributed by atoms with van der Waals surface area (Å²) in [7, 11) is 0. The van der Waals surface area contributed by atoms with E-state index in [0.717, 1.165) is 20.7 Å². The normalized spacial score (nSPS) is 16.9. The van der Waals surface area contributed by atoms with Gasteiger partial charge in [-0.25, -0.2) is 4.39 Å². The van der Waals surface area contributed by atoms with Crippen LogP contribution in [0.4, 0.5) is 4.39 Å². The fourth-order valence-corrected chi connectivity index (χ4v) is 3.85. The van der Waals surface area contributed by atoms with E-state index in [1.165, 1.54) is 11.3 Å². The van der Waals surface area contributed by atoms with Crippen LogP contribution in [-0.2, 0) is 0 Å². The standard InChI is InChI=1S/C17H12FNS/c18-15-13-7-3-4-8-14(13)20-17(15)16-12-6-2-1-5-11(12)9-10-19-16/h1-10,16,19H. The van der Waals surface area contributed by atoms with Crippen LogP contribution in [0, 0.1) is 5.82 Å². The lowest BCUT2D eigenvalue weighted by Gasteiger charge is -2.22. The van der Waals surface area contributed by atoms with Gasteiger partial charge in [-0.3, -0.25) is 0 Å². The third-order valence-electron chi connectivity index (χ3n) is 3.65. The highest BCUT2D eigenvalue weighted by molar-refractivity contribution is 7.19. The molecule has 1 aliphatic heterocycles. The van der Waals surface area contributed by atoms with Gasteiger partial charge in [0.25, 0.3) is 0 Å². The Morgan fingerprint density at radius 2 is 1.80 bits per heavy atom. The molecule has 3 aromatic rings. The average Bonchev–Trinajstić information content (AvgIpc) is 2.84. The molecular weight excluding hydrogens is 269 g/mol. The van der Waals surface area contributed by atoms with Gasteiger partial charge in [0.05, 0.1) is 10.9 Å². The Morgan fingerprint density at radius 3 is 2.70 bits per heavy atom.